The highest BCUT2D eigenvalue weighted by atomic mass is 19.4. The number of nitrogen functional groups attached to an aromatic ring is 2. The van der Waals surface area contributed by atoms with E-state index in [4.69, 9.17) is 16.6 Å². The minimum atomic E-state index is -4.44. The summed E-state index contributed by atoms with van der Waals surface area (Å²) in [5.74, 6) is 0.492. The summed E-state index contributed by atoms with van der Waals surface area (Å²) in [6.45, 7) is 1.90. The maximum atomic E-state index is 11.6. The molecule has 2 aromatic rings. The maximum Gasteiger partial charge on any atom is 0.414 e. The summed E-state index contributed by atoms with van der Waals surface area (Å²) in [5.41, 5.74) is 12.2. The van der Waals surface area contributed by atoms with Crippen molar-refractivity contribution < 1.29 is 18.3 Å². The van der Waals surface area contributed by atoms with Crippen LogP contribution >= 0.6 is 0 Å². The third-order valence-electron chi connectivity index (χ3n) is 2.96. The van der Waals surface area contributed by atoms with Crippen molar-refractivity contribution in [3.63, 3.8) is 0 Å². The molecule has 0 aliphatic rings. The van der Waals surface area contributed by atoms with Gasteiger partial charge in [-0.1, -0.05) is 26.2 Å². The quantitative estimate of drug-likeness (QED) is 0.743. The van der Waals surface area contributed by atoms with E-state index in [1.165, 1.54) is 0 Å². The van der Waals surface area contributed by atoms with Crippen LogP contribution in [-0.4, -0.2) is 32.3 Å². The molecule has 2 aromatic heterocycles. The normalized spacial score (nSPS) is 12.6. The van der Waals surface area contributed by atoms with Gasteiger partial charge in [0.1, 0.15) is 11.6 Å². The number of hydrogen-bond acceptors (Lipinski definition) is 6. The molecule has 0 saturated heterocycles. The van der Waals surface area contributed by atoms with Crippen molar-refractivity contribution in [2.45, 2.75) is 44.9 Å². The fourth-order valence-corrected chi connectivity index (χ4v) is 1.76. The predicted molar refractivity (Wildman–Crippen MR) is 82.4 cm³/mol. The lowest BCUT2D eigenvalue weighted by atomic mass is 10.1. The third-order valence-corrected chi connectivity index (χ3v) is 2.96. The molecule has 1 atom stereocenters. The summed E-state index contributed by atoms with van der Waals surface area (Å²) in [6.07, 6.45) is -3.05. The monoisotopic (exact) mass is 331 g/mol. The summed E-state index contributed by atoms with van der Waals surface area (Å²) in [4.78, 5) is 11.8. The first kappa shape index (κ1) is 18.9. The van der Waals surface area contributed by atoms with Gasteiger partial charge in [-0.3, -0.25) is 4.98 Å². The van der Waals surface area contributed by atoms with E-state index in [0.717, 1.165) is 12.8 Å². The summed E-state index contributed by atoms with van der Waals surface area (Å²) in [6, 6.07) is 3.56. The van der Waals surface area contributed by atoms with Crippen molar-refractivity contribution in [1.82, 2.24) is 15.0 Å². The Balaban J connectivity index is 0.000000232. The Labute approximate surface area is 131 Å². The van der Waals surface area contributed by atoms with E-state index in [9.17, 15) is 13.2 Å². The Morgan fingerprint density at radius 1 is 1.22 bits per heavy atom. The molecule has 0 radical (unpaired) electrons. The highest BCUT2D eigenvalue weighted by Crippen LogP contribution is 2.23. The van der Waals surface area contributed by atoms with Gasteiger partial charge in [0.05, 0.1) is 5.52 Å². The average Bonchev–Trinajstić information content (AvgIpc) is 2.47. The van der Waals surface area contributed by atoms with Gasteiger partial charge in [-0.15, -0.1) is 0 Å². The van der Waals surface area contributed by atoms with Crippen LogP contribution < -0.4 is 11.5 Å². The highest BCUT2D eigenvalue weighted by molar-refractivity contribution is 5.84. The van der Waals surface area contributed by atoms with Gasteiger partial charge in [-0.25, -0.2) is 4.98 Å². The molecule has 23 heavy (non-hydrogen) atoms. The second-order valence-corrected chi connectivity index (χ2v) is 4.89. The molecule has 0 spiro atoms. The van der Waals surface area contributed by atoms with E-state index >= 15 is 0 Å². The minimum Gasteiger partial charge on any atom is -0.384 e. The van der Waals surface area contributed by atoms with E-state index in [0.29, 0.717) is 23.3 Å². The molecule has 0 bridgehead atoms. The lowest BCUT2D eigenvalue weighted by Crippen LogP contribution is -2.28. The number of nitrogens with two attached hydrogens (primary N) is 2. The van der Waals surface area contributed by atoms with E-state index < -0.39 is 12.3 Å². The number of rotatable bonds is 4. The number of halogens is 3. The summed E-state index contributed by atoms with van der Waals surface area (Å²) in [5, 5.41) is 8.49. The first-order valence-corrected chi connectivity index (χ1v) is 7.14. The van der Waals surface area contributed by atoms with Crippen LogP contribution in [0.1, 0.15) is 32.6 Å². The van der Waals surface area contributed by atoms with E-state index in [1.807, 2.05) is 6.92 Å². The van der Waals surface area contributed by atoms with Gasteiger partial charge in [-0.05, 0) is 18.6 Å². The second-order valence-electron chi connectivity index (χ2n) is 4.89. The van der Waals surface area contributed by atoms with Crippen LogP contribution in [0.3, 0.4) is 0 Å². The molecule has 128 valence electrons. The van der Waals surface area contributed by atoms with Gasteiger partial charge in [0, 0.05) is 6.20 Å². The van der Waals surface area contributed by atoms with Crippen molar-refractivity contribution in [1.29, 1.82) is 0 Å². The Morgan fingerprint density at radius 2 is 1.91 bits per heavy atom. The van der Waals surface area contributed by atoms with Crippen LogP contribution in [0.15, 0.2) is 18.3 Å². The van der Waals surface area contributed by atoms with Gasteiger partial charge in [0.2, 0.25) is 5.95 Å². The smallest absolute Gasteiger partial charge is 0.384 e. The fraction of sp³-hybridized carbons (Fsp3) is 0.500. The van der Waals surface area contributed by atoms with Gasteiger partial charge in [-0.2, -0.15) is 18.2 Å². The molecule has 0 aliphatic heterocycles. The van der Waals surface area contributed by atoms with Crippen molar-refractivity contribution in [3.05, 3.63) is 18.3 Å². The SMILES string of the molecule is CCCCCC(O)C(F)(F)F.Nc1nc(N)c2ncccc2n1. The molecule has 0 saturated carbocycles. The van der Waals surface area contributed by atoms with Crippen LogP contribution in [0.5, 0.6) is 0 Å². The number of alkyl halides is 3. The van der Waals surface area contributed by atoms with Crippen molar-refractivity contribution in [2.24, 2.45) is 0 Å². The molecule has 0 aromatic carbocycles. The summed E-state index contributed by atoms with van der Waals surface area (Å²) in [7, 11) is 0. The number of aliphatic hydroxyl groups excluding tert-OH is 1. The average molecular weight is 331 g/mol. The number of anilines is 2. The number of unbranched alkanes of at least 4 members (excludes halogenated alkanes) is 2. The number of hydrogen-bond donors (Lipinski definition) is 3. The third kappa shape index (κ3) is 6.23. The van der Waals surface area contributed by atoms with Crippen molar-refractivity contribution in [3.8, 4) is 0 Å². The zero-order valence-electron chi connectivity index (χ0n) is 12.7. The standard InChI is InChI=1S/C7H13F3O.C7H7N5/c1-2-3-4-5-6(11)7(8,9)10;8-6-5-4(2-1-3-10-5)11-7(9)12-6/h6,11H,2-5H2,1H3;1-3H,(H4,8,9,11,12). The van der Waals surface area contributed by atoms with Gasteiger partial charge >= 0.3 is 6.18 Å². The Hall–Kier alpha value is -2.16. The maximum absolute atomic E-state index is 11.6. The van der Waals surface area contributed by atoms with Crippen LogP contribution in [0, 0.1) is 0 Å². The first-order chi connectivity index (χ1) is 10.8. The Bertz CT molecular complexity index is 621. The van der Waals surface area contributed by atoms with E-state index in [1.54, 1.807) is 18.3 Å². The molecule has 6 nitrogen and oxygen atoms in total. The number of aliphatic hydroxyl groups is 1. The molecule has 1 unspecified atom stereocenters. The molecule has 5 N–H and O–H groups in total. The highest BCUT2D eigenvalue weighted by Gasteiger charge is 2.37. The lowest BCUT2D eigenvalue weighted by Gasteiger charge is -2.13. The van der Waals surface area contributed by atoms with Crippen LogP contribution in [0.4, 0.5) is 24.9 Å². The second kappa shape index (κ2) is 8.47. The fourth-order valence-electron chi connectivity index (χ4n) is 1.76. The molecule has 0 fully saturated rings. The minimum absolute atomic E-state index is 0.169. The lowest BCUT2D eigenvalue weighted by molar-refractivity contribution is -0.205. The number of fused-ring (bicyclic) bond motifs is 1. The van der Waals surface area contributed by atoms with Crippen molar-refractivity contribution in [2.75, 3.05) is 11.5 Å². The van der Waals surface area contributed by atoms with E-state index in [-0.39, 0.29) is 12.4 Å². The number of nitrogens with zero attached hydrogens (tertiary/aromatic N) is 3. The summed E-state index contributed by atoms with van der Waals surface area (Å²) >= 11 is 0. The van der Waals surface area contributed by atoms with Crippen LogP contribution in [0.25, 0.3) is 11.0 Å². The molecular weight excluding hydrogens is 311 g/mol. The van der Waals surface area contributed by atoms with Crippen LogP contribution in [0.2, 0.25) is 0 Å². The number of aromatic nitrogens is 3. The van der Waals surface area contributed by atoms with E-state index in [2.05, 4.69) is 15.0 Å². The Morgan fingerprint density at radius 3 is 2.52 bits per heavy atom. The van der Waals surface area contributed by atoms with Crippen LogP contribution in [-0.2, 0) is 0 Å². The largest absolute Gasteiger partial charge is 0.414 e. The topological polar surface area (TPSA) is 111 Å². The zero-order valence-corrected chi connectivity index (χ0v) is 12.7. The molecule has 2 heterocycles. The molecule has 2 rings (SSSR count). The molecule has 0 aliphatic carbocycles. The number of pyridine rings is 1. The van der Waals surface area contributed by atoms with Gasteiger partial charge < -0.3 is 16.6 Å². The first-order valence-electron chi connectivity index (χ1n) is 7.14. The van der Waals surface area contributed by atoms with Gasteiger partial charge in [0.25, 0.3) is 0 Å². The van der Waals surface area contributed by atoms with Crippen molar-refractivity contribution >= 4 is 22.8 Å². The molecule has 9 heteroatoms. The molecule has 0 amide bonds. The molecular formula is C14H20F3N5O. The summed E-state index contributed by atoms with van der Waals surface area (Å²) < 4.78 is 34.9. The Kier molecular flexibility index (Phi) is 6.95. The predicted octanol–water partition coefficient (Wildman–Crippen LogP) is 2.68. The van der Waals surface area contributed by atoms with Gasteiger partial charge in [0.15, 0.2) is 5.82 Å². The zero-order chi connectivity index (χ0) is 17.5.